The number of rotatable bonds is 5. The largest absolute Gasteiger partial charge is 0.448 e. The molecule has 25 heavy (non-hydrogen) atoms. The number of carbonyl (C=O) groups excluding carboxylic acids is 1. The Morgan fingerprint density at radius 3 is 1.96 bits per heavy atom. The van der Waals surface area contributed by atoms with Gasteiger partial charge in [0.1, 0.15) is 0 Å². The lowest BCUT2D eigenvalue weighted by atomic mass is 10.2. The third kappa shape index (κ3) is 3.68. The highest BCUT2D eigenvalue weighted by Gasteiger charge is 2.50. The van der Waals surface area contributed by atoms with Crippen LogP contribution in [-0.4, -0.2) is 32.1 Å². The second-order valence-electron chi connectivity index (χ2n) is 7.20. The molecule has 0 N–H and O–H groups in total. The van der Waals surface area contributed by atoms with Gasteiger partial charge < -0.3 is 9.16 Å². The normalized spacial score (nSPS) is 18.2. The van der Waals surface area contributed by atoms with Crippen LogP contribution >= 0.6 is 11.8 Å². The van der Waals surface area contributed by atoms with Crippen LogP contribution in [0.2, 0.25) is 5.04 Å². The van der Waals surface area contributed by atoms with Crippen LogP contribution in [0.4, 0.5) is 0 Å². The first-order chi connectivity index (χ1) is 11.9. The number of hydrogen-bond acceptors (Lipinski definition) is 4. The smallest absolute Gasteiger partial charge is 0.317 e. The van der Waals surface area contributed by atoms with Crippen LogP contribution in [-0.2, 0) is 14.0 Å². The molecular weight excluding hydrogens is 348 g/mol. The molecule has 1 atom stereocenters. The Morgan fingerprint density at radius 1 is 1.04 bits per heavy atom. The fraction of sp³-hybridized carbons (Fsp3) is 0.350. The van der Waals surface area contributed by atoms with Gasteiger partial charge in [0, 0.05) is 0 Å². The van der Waals surface area contributed by atoms with Crippen LogP contribution in [0.1, 0.15) is 20.8 Å². The van der Waals surface area contributed by atoms with Gasteiger partial charge in [0.25, 0.3) is 8.32 Å². The minimum absolute atomic E-state index is 0.0665. The van der Waals surface area contributed by atoms with E-state index in [0.29, 0.717) is 12.4 Å². The Kier molecular flexibility index (Phi) is 5.37. The first-order valence-corrected chi connectivity index (χ1v) is 11.5. The van der Waals surface area contributed by atoms with Crippen molar-refractivity contribution in [2.75, 3.05) is 12.4 Å². The van der Waals surface area contributed by atoms with Crippen LogP contribution in [0.15, 0.2) is 60.7 Å². The fourth-order valence-electron chi connectivity index (χ4n) is 3.41. The monoisotopic (exact) mass is 372 g/mol. The van der Waals surface area contributed by atoms with Gasteiger partial charge in [-0.1, -0.05) is 81.4 Å². The lowest BCUT2D eigenvalue weighted by molar-refractivity contribution is -0.140. The molecule has 0 unspecified atom stereocenters. The zero-order chi connectivity index (χ0) is 17.9. The van der Waals surface area contributed by atoms with Gasteiger partial charge in [-0.15, -0.1) is 11.8 Å². The van der Waals surface area contributed by atoms with Crippen molar-refractivity contribution in [3.8, 4) is 0 Å². The Balaban J connectivity index is 2.04. The van der Waals surface area contributed by atoms with Gasteiger partial charge in [0.05, 0.1) is 12.4 Å². The third-order valence-electron chi connectivity index (χ3n) is 4.50. The van der Waals surface area contributed by atoms with Crippen molar-refractivity contribution in [3.63, 3.8) is 0 Å². The Bertz CT molecular complexity index is 673. The highest BCUT2D eigenvalue weighted by molar-refractivity contribution is 8.00. The number of hydrogen-bond donors (Lipinski definition) is 0. The molecular formula is C20H24O3SSi. The zero-order valence-corrected chi connectivity index (χ0v) is 16.7. The van der Waals surface area contributed by atoms with E-state index in [-0.39, 0.29) is 16.4 Å². The van der Waals surface area contributed by atoms with Crippen LogP contribution in [0, 0.1) is 0 Å². The summed E-state index contributed by atoms with van der Waals surface area (Å²) in [4.78, 5) is 11.4. The second kappa shape index (κ2) is 7.36. The molecule has 0 saturated carbocycles. The summed E-state index contributed by atoms with van der Waals surface area (Å²) >= 11 is 1.52. The molecule has 1 aliphatic heterocycles. The number of esters is 1. The van der Waals surface area contributed by atoms with Crippen molar-refractivity contribution in [3.05, 3.63) is 60.7 Å². The predicted molar refractivity (Wildman–Crippen MR) is 106 cm³/mol. The van der Waals surface area contributed by atoms with Crippen molar-refractivity contribution in [2.45, 2.75) is 31.2 Å². The molecule has 0 amide bonds. The summed E-state index contributed by atoms with van der Waals surface area (Å²) in [6.07, 6.45) is 0. The molecule has 132 valence electrons. The average Bonchev–Trinajstić information content (AvgIpc) is 3.02. The summed E-state index contributed by atoms with van der Waals surface area (Å²) in [5, 5.41) is 2.41. The maximum atomic E-state index is 11.4. The summed E-state index contributed by atoms with van der Waals surface area (Å²) in [7, 11) is -2.54. The summed E-state index contributed by atoms with van der Waals surface area (Å²) in [5.74, 6) is 0.260. The molecule has 3 rings (SSSR count). The number of carbonyl (C=O) groups is 1. The molecule has 0 bridgehead atoms. The summed E-state index contributed by atoms with van der Waals surface area (Å²) < 4.78 is 12.1. The van der Waals surface area contributed by atoms with Gasteiger partial charge in [-0.2, -0.15) is 0 Å². The Labute approximate surface area is 154 Å². The summed E-state index contributed by atoms with van der Waals surface area (Å²) in [6, 6.07) is 21.0. The molecule has 0 spiro atoms. The molecule has 3 nitrogen and oxygen atoms in total. The summed E-state index contributed by atoms with van der Waals surface area (Å²) in [6.45, 7) is 7.15. The number of cyclic esters (lactones) is 1. The van der Waals surface area contributed by atoms with Crippen molar-refractivity contribution < 1.29 is 14.0 Å². The first kappa shape index (κ1) is 18.2. The van der Waals surface area contributed by atoms with E-state index in [9.17, 15) is 4.79 Å². The molecule has 0 aliphatic carbocycles. The van der Waals surface area contributed by atoms with E-state index in [1.165, 1.54) is 22.1 Å². The second-order valence-corrected chi connectivity index (χ2v) is 12.7. The van der Waals surface area contributed by atoms with E-state index in [0.717, 1.165) is 0 Å². The van der Waals surface area contributed by atoms with Crippen molar-refractivity contribution in [1.29, 1.82) is 0 Å². The number of thioether (sulfide) groups is 1. The minimum Gasteiger partial charge on any atom is -0.448 e. The minimum atomic E-state index is -2.54. The van der Waals surface area contributed by atoms with Crippen LogP contribution in [0.25, 0.3) is 0 Å². The quantitative estimate of drug-likeness (QED) is 0.596. The van der Waals surface area contributed by atoms with Crippen molar-refractivity contribution in [2.24, 2.45) is 0 Å². The van der Waals surface area contributed by atoms with E-state index in [4.69, 9.17) is 9.16 Å². The Morgan fingerprint density at radius 2 is 1.56 bits per heavy atom. The molecule has 0 radical (unpaired) electrons. The molecule has 1 saturated heterocycles. The van der Waals surface area contributed by atoms with Crippen molar-refractivity contribution >= 4 is 36.4 Å². The molecule has 1 fully saturated rings. The average molecular weight is 373 g/mol. The van der Waals surface area contributed by atoms with Crippen LogP contribution in [0.5, 0.6) is 0 Å². The SMILES string of the molecule is CC(C)(C)[Si](OC[C@H]1OC(=O)CS1)(c1ccccc1)c1ccccc1. The molecule has 2 aromatic carbocycles. The van der Waals surface area contributed by atoms with Gasteiger partial charge in [-0.05, 0) is 15.4 Å². The third-order valence-corrected chi connectivity index (χ3v) is 10.5. The number of ether oxygens (including phenoxy) is 1. The summed E-state index contributed by atoms with van der Waals surface area (Å²) in [5.41, 5.74) is -0.214. The fourth-order valence-corrected chi connectivity index (χ4v) is 8.82. The molecule has 1 aliphatic rings. The number of benzene rings is 2. The van der Waals surface area contributed by atoms with Crippen LogP contribution in [0.3, 0.4) is 0 Å². The van der Waals surface area contributed by atoms with Gasteiger partial charge in [-0.3, -0.25) is 4.79 Å². The standard InChI is InChI=1S/C20H24O3SSi/c1-20(2,3)25(16-10-6-4-7-11-16,17-12-8-5-9-13-17)22-14-19-23-18(21)15-24-19/h4-13,19H,14-15H2,1-3H3/t19-/m0/s1. The van der Waals surface area contributed by atoms with E-state index in [2.05, 4.69) is 69.3 Å². The predicted octanol–water partition coefficient (Wildman–Crippen LogP) is 3.18. The Hall–Kier alpha value is -1.56. The van der Waals surface area contributed by atoms with E-state index in [1.807, 2.05) is 12.1 Å². The topological polar surface area (TPSA) is 35.5 Å². The van der Waals surface area contributed by atoms with E-state index < -0.39 is 8.32 Å². The molecule has 0 aromatic heterocycles. The lowest BCUT2D eigenvalue weighted by Crippen LogP contribution is -2.67. The van der Waals surface area contributed by atoms with Gasteiger partial charge >= 0.3 is 5.97 Å². The van der Waals surface area contributed by atoms with Gasteiger partial charge in [0.2, 0.25) is 0 Å². The van der Waals surface area contributed by atoms with Crippen LogP contribution < -0.4 is 10.4 Å². The highest BCUT2D eigenvalue weighted by atomic mass is 32.2. The molecule has 5 heteroatoms. The van der Waals surface area contributed by atoms with Crippen molar-refractivity contribution in [1.82, 2.24) is 0 Å². The maximum absolute atomic E-state index is 11.4. The molecule has 1 heterocycles. The van der Waals surface area contributed by atoms with E-state index >= 15 is 0 Å². The lowest BCUT2D eigenvalue weighted by Gasteiger charge is -2.43. The maximum Gasteiger partial charge on any atom is 0.317 e. The first-order valence-electron chi connectivity index (χ1n) is 8.49. The zero-order valence-electron chi connectivity index (χ0n) is 14.9. The van der Waals surface area contributed by atoms with Gasteiger partial charge in [-0.25, -0.2) is 0 Å². The van der Waals surface area contributed by atoms with E-state index in [1.54, 1.807) is 0 Å². The highest BCUT2D eigenvalue weighted by Crippen LogP contribution is 2.37. The van der Waals surface area contributed by atoms with Gasteiger partial charge in [0.15, 0.2) is 5.44 Å². The molecule has 2 aromatic rings.